The molecule has 0 unspecified atom stereocenters. The Bertz CT molecular complexity index is 773. The SMILES string of the molecule is Cc1ccc(Cl)cc1-c1cc(-c2ccccc2)ccc1C. The molecular weight excluding hydrogens is 276 g/mol. The molecule has 0 bridgehead atoms. The fraction of sp³-hybridized carbons (Fsp3) is 0.100. The molecule has 0 atom stereocenters. The Hall–Kier alpha value is -2.05. The fourth-order valence-corrected chi connectivity index (χ4v) is 2.78. The van der Waals surface area contributed by atoms with Gasteiger partial charge >= 0.3 is 0 Å². The van der Waals surface area contributed by atoms with E-state index in [0.717, 1.165) is 5.02 Å². The van der Waals surface area contributed by atoms with Crippen molar-refractivity contribution in [3.05, 3.63) is 82.9 Å². The van der Waals surface area contributed by atoms with E-state index in [2.05, 4.69) is 62.4 Å². The van der Waals surface area contributed by atoms with Gasteiger partial charge in [0.1, 0.15) is 0 Å². The number of rotatable bonds is 2. The number of benzene rings is 3. The molecule has 0 saturated carbocycles. The monoisotopic (exact) mass is 292 g/mol. The largest absolute Gasteiger partial charge is 0.0843 e. The van der Waals surface area contributed by atoms with Crippen LogP contribution < -0.4 is 0 Å². The van der Waals surface area contributed by atoms with E-state index in [0.29, 0.717) is 0 Å². The second-order valence-corrected chi connectivity index (χ2v) is 5.79. The summed E-state index contributed by atoms with van der Waals surface area (Å²) in [5.74, 6) is 0. The van der Waals surface area contributed by atoms with Crippen molar-refractivity contribution in [1.29, 1.82) is 0 Å². The van der Waals surface area contributed by atoms with E-state index < -0.39 is 0 Å². The number of hydrogen-bond acceptors (Lipinski definition) is 0. The van der Waals surface area contributed by atoms with Crippen molar-refractivity contribution in [3.63, 3.8) is 0 Å². The van der Waals surface area contributed by atoms with Crippen LogP contribution in [-0.4, -0.2) is 0 Å². The molecule has 3 aromatic rings. The Labute approximate surface area is 131 Å². The topological polar surface area (TPSA) is 0 Å². The van der Waals surface area contributed by atoms with Crippen molar-refractivity contribution in [1.82, 2.24) is 0 Å². The number of aryl methyl sites for hydroxylation is 2. The van der Waals surface area contributed by atoms with E-state index in [-0.39, 0.29) is 0 Å². The first-order valence-electron chi connectivity index (χ1n) is 7.08. The van der Waals surface area contributed by atoms with E-state index >= 15 is 0 Å². The maximum Gasteiger partial charge on any atom is 0.0412 e. The molecule has 3 aromatic carbocycles. The van der Waals surface area contributed by atoms with Crippen LogP contribution in [0.15, 0.2) is 66.7 Å². The van der Waals surface area contributed by atoms with Crippen LogP contribution in [0.3, 0.4) is 0 Å². The summed E-state index contributed by atoms with van der Waals surface area (Å²) in [5, 5.41) is 0.778. The van der Waals surface area contributed by atoms with Gasteiger partial charge in [-0.05, 0) is 65.4 Å². The van der Waals surface area contributed by atoms with E-state index in [4.69, 9.17) is 11.6 Å². The van der Waals surface area contributed by atoms with Gasteiger partial charge in [0.25, 0.3) is 0 Å². The molecule has 0 fully saturated rings. The standard InChI is InChI=1S/C20H17Cl/c1-14-8-10-17(16-6-4-3-5-7-16)12-19(14)20-13-18(21)11-9-15(20)2/h3-13H,1-2H3. The lowest BCUT2D eigenvalue weighted by atomic mass is 9.93. The van der Waals surface area contributed by atoms with Crippen molar-refractivity contribution in [3.8, 4) is 22.3 Å². The van der Waals surface area contributed by atoms with Gasteiger partial charge in [0.05, 0.1) is 0 Å². The van der Waals surface area contributed by atoms with Crippen LogP contribution in [0.4, 0.5) is 0 Å². The van der Waals surface area contributed by atoms with Crippen molar-refractivity contribution in [2.24, 2.45) is 0 Å². The highest BCUT2D eigenvalue weighted by atomic mass is 35.5. The summed E-state index contributed by atoms with van der Waals surface area (Å²) in [6.45, 7) is 4.27. The molecule has 104 valence electrons. The second-order valence-electron chi connectivity index (χ2n) is 5.35. The van der Waals surface area contributed by atoms with Gasteiger partial charge in [-0.15, -0.1) is 0 Å². The third-order valence-electron chi connectivity index (χ3n) is 3.83. The third kappa shape index (κ3) is 2.86. The lowest BCUT2D eigenvalue weighted by molar-refractivity contribution is 1.41. The molecule has 0 aliphatic carbocycles. The summed E-state index contributed by atoms with van der Waals surface area (Å²) in [7, 11) is 0. The molecule has 0 amide bonds. The molecular formula is C20H17Cl. The zero-order valence-corrected chi connectivity index (χ0v) is 13.0. The van der Waals surface area contributed by atoms with E-state index in [9.17, 15) is 0 Å². The summed E-state index contributed by atoms with van der Waals surface area (Å²) >= 11 is 6.18. The molecule has 3 rings (SSSR count). The van der Waals surface area contributed by atoms with Crippen LogP contribution in [0, 0.1) is 13.8 Å². The van der Waals surface area contributed by atoms with E-state index in [1.165, 1.54) is 33.4 Å². The van der Waals surface area contributed by atoms with Crippen molar-refractivity contribution in [2.75, 3.05) is 0 Å². The molecule has 0 aliphatic heterocycles. The van der Waals surface area contributed by atoms with Gasteiger partial charge in [0, 0.05) is 5.02 Å². The smallest absolute Gasteiger partial charge is 0.0412 e. The number of halogens is 1. The Kier molecular flexibility index (Phi) is 3.81. The maximum absolute atomic E-state index is 6.18. The Morgan fingerprint density at radius 3 is 1.95 bits per heavy atom. The van der Waals surface area contributed by atoms with Gasteiger partial charge in [-0.3, -0.25) is 0 Å². The molecule has 0 N–H and O–H groups in total. The van der Waals surface area contributed by atoms with Crippen molar-refractivity contribution in [2.45, 2.75) is 13.8 Å². The van der Waals surface area contributed by atoms with Crippen molar-refractivity contribution >= 4 is 11.6 Å². The maximum atomic E-state index is 6.18. The third-order valence-corrected chi connectivity index (χ3v) is 4.07. The van der Waals surface area contributed by atoms with Crippen molar-refractivity contribution < 1.29 is 0 Å². The van der Waals surface area contributed by atoms with Crippen LogP contribution in [0.25, 0.3) is 22.3 Å². The highest BCUT2D eigenvalue weighted by Gasteiger charge is 2.08. The van der Waals surface area contributed by atoms with Crippen LogP contribution >= 0.6 is 11.6 Å². The molecule has 21 heavy (non-hydrogen) atoms. The molecule has 0 aliphatic rings. The van der Waals surface area contributed by atoms with Gasteiger partial charge < -0.3 is 0 Å². The quantitative estimate of drug-likeness (QED) is 0.520. The first kappa shape index (κ1) is 13.9. The fourth-order valence-electron chi connectivity index (χ4n) is 2.61. The minimum Gasteiger partial charge on any atom is -0.0843 e. The Balaban J connectivity index is 2.17. The highest BCUT2D eigenvalue weighted by molar-refractivity contribution is 6.30. The number of hydrogen-bond donors (Lipinski definition) is 0. The lowest BCUT2D eigenvalue weighted by Crippen LogP contribution is -1.89. The zero-order valence-electron chi connectivity index (χ0n) is 12.2. The zero-order chi connectivity index (χ0) is 14.8. The Morgan fingerprint density at radius 1 is 0.619 bits per heavy atom. The van der Waals surface area contributed by atoms with Gasteiger partial charge in [0.15, 0.2) is 0 Å². The summed E-state index contributed by atoms with van der Waals surface area (Å²) in [4.78, 5) is 0. The van der Waals surface area contributed by atoms with Gasteiger partial charge in [-0.2, -0.15) is 0 Å². The highest BCUT2D eigenvalue weighted by Crippen LogP contribution is 2.32. The molecule has 0 radical (unpaired) electrons. The predicted octanol–water partition coefficient (Wildman–Crippen LogP) is 6.29. The van der Waals surface area contributed by atoms with Crippen LogP contribution in [0.5, 0.6) is 0 Å². The average Bonchev–Trinajstić information content (AvgIpc) is 2.51. The van der Waals surface area contributed by atoms with Gasteiger partial charge in [-0.1, -0.05) is 60.1 Å². The molecule has 0 spiro atoms. The first-order chi connectivity index (χ1) is 10.1. The molecule has 0 nitrogen and oxygen atoms in total. The minimum absolute atomic E-state index is 0.778. The summed E-state index contributed by atoms with van der Waals surface area (Å²) in [6.07, 6.45) is 0. The van der Waals surface area contributed by atoms with Crippen LogP contribution in [0.1, 0.15) is 11.1 Å². The second kappa shape index (κ2) is 5.75. The van der Waals surface area contributed by atoms with Gasteiger partial charge in [0.2, 0.25) is 0 Å². The van der Waals surface area contributed by atoms with Crippen LogP contribution in [-0.2, 0) is 0 Å². The summed E-state index contributed by atoms with van der Waals surface area (Å²) in [5.41, 5.74) is 7.43. The van der Waals surface area contributed by atoms with Gasteiger partial charge in [-0.25, -0.2) is 0 Å². The van der Waals surface area contributed by atoms with E-state index in [1.807, 2.05) is 18.2 Å². The average molecular weight is 293 g/mol. The van der Waals surface area contributed by atoms with Crippen LogP contribution in [0.2, 0.25) is 5.02 Å². The van der Waals surface area contributed by atoms with E-state index in [1.54, 1.807) is 0 Å². The Morgan fingerprint density at radius 2 is 1.24 bits per heavy atom. The summed E-state index contributed by atoms with van der Waals surface area (Å²) in [6, 6.07) is 23.1. The molecule has 0 saturated heterocycles. The lowest BCUT2D eigenvalue weighted by Gasteiger charge is -2.12. The minimum atomic E-state index is 0.778. The first-order valence-corrected chi connectivity index (χ1v) is 7.45. The predicted molar refractivity (Wildman–Crippen MR) is 91.8 cm³/mol. The molecule has 1 heteroatoms. The summed E-state index contributed by atoms with van der Waals surface area (Å²) < 4.78 is 0. The molecule has 0 heterocycles. The molecule has 0 aromatic heterocycles. The normalized spacial score (nSPS) is 10.6.